The van der Waals surface area contributed by atoms with Crippen LogP contribution in [-0.4, -0.2) is 37.6 Å². The van der Waals surface area contributed by atoms with Crippen LogP contribution in [0, 0.1) is 5.92 Å². The quantitative estimate of drug-likeness (QED) is 0.755. The molecule has 0 saturated carbocycles. The highest BCUT2D eigenvalue weighted by atomic mass is 16.5. The minimum absolute atomic E-state index is 0.0974. The Morgan fingerprint density at radius 2 is 2.50 bits per heavy atom. The molecule has 1 aliphatic rings. The summed E-state index contributed by atoms with van der Waals surface area (Å²) in [5.74, 6) is 0.713. The molecule has 0 radical (unpaired) electrons. The van der Waals surface area contributed by atoms with Gasteiger partial charge in [-0.2, -0.15) is 0 Å². The lowest BCUT2D eigenvalue weighted by Crippen LogP contribution is -2.39. The molecule has 4 nitrogen and oxygen atoms in total. The molecule has 18 heavy (non-hydrogen) atoms. The average Bonchev–Trinajstić information content (AvgIpc) is 2.92. The van der Waals surface area contributed by atoms with Gasteiger partial charge in [0.25, 0.3) is 5.91 Å². The maximum Gasteiger partial charge on any atom is 0.257 e. The molecule has 0 unspecified atom stereocenters. The summed E-state index contributed by atoms with van der Waals surface area (Å²) in [4.78, 5) is 14.1. The summed E-state index contributed by atoms with van der Waals surface area (Å²) in [6.45, 7) is 2.55. The van der Waals surface area contributed by atoms with E-state index in [1.165, 1.54) is 12.7 Å². The number of carbonyl (C=O) groups excluding carboxylic acids is 1. The number of nitrogens with zero attached hydrogens (tertiary/aromatic N) is 1. The number of hydrogen-bond donors (Lipinski definition) is 0. The molecule has 2 rings (SSSR count). The zero-order valence-electron chi connectivity index (χ0n) is 10.9. The highest BCUT2D eigenvalue weighted by Gasteiger charge is 2.24. The molecule has 1 aromatic heterocycles. The Balaban J connectivity index is 1.84. The Hall–Kier alpha value is -1.29. The summed E-state index contributed by atoms with van der Waals surface area (Å²) >= 11 is 0. The summed E-state index contributed by atoms with van der Waals surface area (Å²) in [7, 11) is 1.73. The van der Waals surface area contributed by atoms with Crippen LogP contribution in [0.4, 0.5) is 0 Å². The van der Waals surface area contributed by atoms with Crippen molar-refractivity contribution in [3.8, 4) is 0 Å². The van der Waals surface area contributed by atoms with Crippen LogP contribution in [0.5, 0.6) is 0 Å². The van der Waals surface area contributed by atoms with Gasteiger partial charge in [-0.25, -0.2) is 0 Å². The smallest absolute Gasteiger partial charge is 0.257 e. The van der Waals surface area contributed by atoms with Gasteiger partial charge >= 0.3 is 0 Å². The van der Waals surface area contributed by atoms with E-state index in [0.29, 0.717) is 11.5 Å². The fraction of sp³-hybridized carbons (Fsp3) is 0.643. The van der Waals surface area contributed by atoms with Crippen LogP contribution in [0.1, 0.15) is 36.0 Å². The molecule has 1 saturated heterocycles. The third-order valence-electron chi connectivity index (χ3n) is 3.54. The van der Waals surface area contributed by atoms with Gasteiger partial charge in [0.15, 0.2) is 0 Å². The van der Waals surface area contributed by atoms with Crippen LogP contribution in [0.2, 0.25) is 0 Å². The van der Waals surface area contributed by atoms with Crippen LogP contribution in [0.15, 0.2) is 23.0 Å². The lowest BCUT2D eigenvalue weighted by atomic mass is 9.93. The fourth-order valence-corrected chi connectivity index (χ4v) is 2.57. The van der Waals surface area contributed by atoms with Crippen molar-refractivity contribution in [2.24, 2.45) is 5.92 Å². The van der Waals surface area contributed by atoms with Crippen LogP contribution in [0.25, 0.3) is 0 Å². The molecular weight excluding hydrogens is 230 g/mol. The first kappa shape index (κ1) is 13.1. The molecule has 1 amide bonds. The highest BCUT2D eigenvalue weighted by molar-refractivity contribution is 5.93. The summed E-state index contributed by atoms with van der Waals surface area (Å²) < 4.78 is 10.0. The zero-order valence-corrected chi connectivity index (χ0v) is 10.9. The average molecular weight is 251 g/mol. The van der Waals surface area contributed by atoms with Gasteiger partial charge in [0.1, 0.15) is 6.26 Å². The van der Waals surface area contributed by atoms with Gasteiger partial charge in [-0.3, -0.25) is 4.79 Å². The summed E-state index contributed by atoms with van der Waals surface area (Å²) in [6, 6.07) is 1.73. The molecule has 100 valence electrons. The number of likely N-dealkylation sites (tertiary alicyclic amines) is 1. The lowest BCUT2D eigenvalue weighted by molar-refractivity contribution is 0.0660. The monoisotopic (exact) mass is 251 g/mol. The number of amides is 1. The fourth-order valence-electron chi connectivity index (χ4n) is 2.57. The van der Waals surface area contributed by atoms with Crippen molar-refractivity contribution >= 4 is 5.91 Å². The molecule has 0 aliphatic carbocycles. The van der Waals surface area contributed by atoms with Crippen molar-refractivity contribution in [3.63, 3.8) is 0 Å². The highest BCUT2D eigenvalue weighted by Crippen LogP contribution is 2.22. The van der Waals surface area contributed by atoms with E-state index in [2.05, 4.69) is 0 Å². The van der Waals surface area contributed by atoms with Gasteiger partial charge in [0, 0.05) is 26.8 Å². The van der Waals surface area contributed by atoms with Gasteiger partial charge in [0.05, 0.1) is 11.8 Å². The maximum atomic E-state index is 12.2. The molecule has 0 bridgehead atoms. The number of hydrogen-bond acceptors (Lipinski definition) is 3. The first-order valence-corrected chi connectivity index (χ1v) is 6.61. The van der Waals surface area contributed by atoms with E-state index < -0.39 is 0 Å². The standard InChI is InChI=1S/C14H21NO3/c1-17-8-3-5-12-4-2-7-15(10-12)14(16)13-6-9-18-11-13/h6,9,11-12H,2-5,7-8,10H2,1H3/t12-/m0/s1. The molecule has 1 aliphatic heterocycles. The van der Waals surface area contributed by atoms with E-state index in [0.717, 1.165) is 39.0 Å². The third kappa shape index (κ3) is 3.35. The van der Waals surface area contributed by atoms with Crippen molar-refractivity contribution in [3.05, 3.63) is 24.2 Å². The van der Waals surface area contributed by atoms with Gasteiger partial charge < -0.3 is 14.1 Å². The van der Waals surface area contributed by atoms with Crippen LogP contribution < -0.4 is 0 Å². The second-order valence-electron chi connectivity index (χ2n) is 4.91. The summed E-state index contributed by atoms with van der Waals surface area (Å²) in [5, 5.41) is 0. The van der Waals surface area contributed by atoms with E-state index in [9.17, 15) is 4.79 Å². The van der Waals surface area contributed by atoms with Crippen molar-refractivity contribution in [1.82, 2.24) is 4.90 Å². The number of piperidine rings is 1. The van der Waals surface area contributed by atoms with Gasteiger partial charge in [-0.1, -0.05) is 0 Å². The predicted molar refractivity (Wildman–Crippen MR) is 68.4 cm³/mol. The first-order valence-electron chi connectivity index (χ1n) is 6.61. The second kappa shape index (κ2) is 6.59. The van der Waals surface area contributed by atoms with Crippen molar-refractivity contribution < 1.29 is 13.9 Å². The van der Waals surface area contributed by atoms with Crippen LogP contribution in [-0.2, 0) is 4.74 Å². The minimum Gasteiger partial charge on any atom is -0.472 e. The third-order valence-corrected chi connectivity index (χ3v) is 3.54. The summed E-state index contributed by atoms with van der Waals surface area (Å²) in [5.41, 5.74) is 0.660. The Morgan fingerprint density at radius 1 is 1.61 bits per heavy atom. The van der Waals surface area contributed by atoms with Crippen molar-refractivity contribution in [2.45, 2.75) is 25.7 Å². The Labute approximate surface area is 108 Å². The Morgan fingerprint density at radius 3 is 3.22 bits per heavy atom. The largest absolute Gasteiger partial charge is 0.472 e. The molecule has 2 heterocycles. The van der Waals surface area contributed by atoms with Crippen LogP contribution >= 0.6 is 0 Å². The number of rotatable bonds is 5. The number of ether oxygens (including phenoxy) is 1. The first-order chi connectivity index (χ1) is 8.81. The number of carbonyl (C=O) groups is 1. The van der Waals surface area contributed by atoms with Crippen molar-refractivity contribution in [1.29, 1.82) is 0 Å². The van der Waals surface area contributed by atoms with E-state index in [-0.39, 0.29) is 5.91 Å². The number of furan rings is 1. The van der Waals surface area contributed by atoms with E-state index in [4.69, 9.17) is 9.15 Å². The number of methoxy groups -OCH3 is 1. The van der Waals surface area contributed by atoms with E-state index in [1.54, 1.807) is 19.4 Å². The van der Waals surface area contributed by atoms with Crippen LogP contribution in [0.3, 0.4) is 0 Å². The molecule has 1 fully saturated rings. The zero-order chi connectivity index (χ0) is 12.8. The van der Waals surface area contributed by atoms with Gasteiger partial charge in [0.2, 0.25) is 0 Å². The van der Waals surface area contributed by atoms with E-state index >= 15 is 0 Å². The molecule has 1 atom stereocenters. The molecular formula is C14H21NO3. The Bertz CT molecular complexity index is 361. The molecule has 0 spiro atoms. The Kier molecular flexibility index (Phi) is 4.81. The predicted octanol–water partition coefficient (Wildman–Crippen LogP) is 2.56. The molecule has 0 aromatic carbocycles. The maximum absolute atomic E-state index is 12.2. The van der Waals surface area contributed by atoms with Gasteiger partial charge in [-0.05, 0) is 37.7 Å². The van der Waals surface area contributed by atoms with E-state index in [1.807, 2.05) is 4.90 Å². The molecule has 0 N–H and O–H groups in total. The summed E-state index contributed by atoms with van der Waals surface area (Å²) in [6.07, 6.45) is 7.61. The SMILES string of the molecule is COCCC[C@@H]1CCCN(C(=O)c2ccoc2)C1. The van der Waals surface area contributed by atoms with Gasteiger partial charge in [-0.15, -0.1) is 0 Å². The second-order valence-corrected chi connectivity index (χ2v) is 4.91. The topological polar surface area (TPSA) is 42.7 Å². The minimum atomic E-state index is 0.0974. The molecule has 4 heteroatoms. The normalized spacial score (nSPS) is 20.1. The lowest BCUT2D eigenvalue weighted by Gasteiger charge is -2.32. The molecule has 1 aromatic rings. The van der Waals surface area contributed by atoms with Crippen molar-refractivity contribution in [2.75, 3.05) is 26.8 Å².